The van der Waals surface area contributed by atoms with Crippen molar-refractivity contribution in [2.45, 2.75) is 49.4 Å². The quantitative estimate of drug-likeness (QED) is 0.855. The van der Waals surface area contributed by atoms with Crippen molar-refractivity contribution in [3.8, 4) is 0 Å². The monoisotopic (exact) mass is 270 g/mol. The first kappa shape index (κ1) is 12.9. The van der Waals surface area contributed by atoms with Crippen molar-refractivity contribution in [3.63, 3.8) is 0 Å². The molecule has 1 fully saturated rings. The summed E-state index contributed by atoms with van der Waals surface area (Å²) < 4.78 is 1.05. The first-order valence-corrected chi connectivity index (χ1v) is 8.03. The Kier molecular flexibility index (Phi) is 4.45. The molecule has 3 nitrogen and oxygen atoms in total. The van der Waals surface area contributed by atoms with E-state index in [4.69, 9.17) is 0 Å². The summed E-state index contributed by atoms with van der Waals surface area (Å²) in [4.78, 5) is 17.4. The lowest BCUT2D eigenvalue weighted by Gasteiger charge is -2.11. The smallest absolute Gasteiger partial charge is 0.225 e. The third kappa shape index (κ3) is 3.45. The number of thioether (sulfide) groups is 1. The predicted octanol–water partition coefficient (Wildman–Crippen LogP) is 2.77. The minimum absolute atomic E-state index is 0.149. The van der Waals surface area contributed by atoms with Gasteiger partial charge < -0.3 is 5.32 Å². The van der Waals surface area contributed by atoms with Gasteiger partial charge in [0.25, 0.3) is 0 Å². The van der Waals surface area contributed by atoms with Crippen LogP contribution in [-0.2, 0) is 11.2 Å². The maximum atomic E-state index is 11.9. The van der Waals surface area contributed by atoms with Gasteiger partial charge in [0, 0.05) is 10.9 Å². The van der Waals surface area contributed by atoms with Gasteiger partial charge in [-0.1, -0.05) is 24.6 Å². The molecule has 1 saturated carbocycles. The Morgan fingerprint density at radius 3 is 2.82 bits per heavy atom. The Bertz CT molecular complexity index is 397. The van der Waals surface area contributed by atoms with Gasteiger partial charge in [-0.3, -0.25) is 4.79 Å². The lowest BCUT2D eigenvalue weighted by atomic mass is 10.2. The van der Waals surface area contributed by atoms with Gasteiger partial charge in [0.1, 0.15) is 4.34 Å². The van der Waals surface area contributed by atoms with Crippen LogP contribution in [0, 0.1) is 6.92 Å². The van der Waals surface area contributed by atoms with Gasteiger partial charge in [-0.15, -0.1) is 11.3 Å². The third-order valence-electron chi connectivity index (χ3n) is 3.09. The van der Waals surface area contributed by atoms with Crippen LogP contribution in [0.1, 0.15) is 36.3 Å². The Morgan fingerprint density at radius 1 is 1.53 bits per heavy atom. The molecular formula is C12H18N2OS2. The molecule has 0 aromatic carbocycles. The van der Waals surface area contributed by atoms with Gasteiger partial charge in [0.05, 0.1) is 12.1 Å². The highest BCUT2D eigenvalue weighted by Gasteiger charge is 2.18. The van der Waals surface area contributed by atoms with Crippen LogP contribution in [-0.4, -0.2) is 23.2 Å². The molecule has 1 aromatic rings. The van der Waals surface area contributed by atoms with E-state index in [1.54, 1.807) is 23.1 Å². The van der Waals surface area contributed by atoms with E-state index in [1.165, 1.54) is 12.8 Å². The van der Waals surface area contributed by atoms with Crippen LogP contribution >= 0.6 is 23.1 Å². The van der Waals surface area contributed by atoms with Crippen molar-refractivity contribution in [2.24, 2.45) is 0 Å². The summed E-state index contributed by atoms with van der Waals surface area (Å²) in [6.07, 6.45) is 7.29. The maximum absolute atomic E-state index is 11.9. The lowest BCUT2D eigenvalue weighted by Crippen LogP contribution is -2.33. The predicted molar refractivity (Wildman–Crippen MR) is 72.7 cm³/mol. The highest BCUT2D eigenvalue weighted by atomic mass is 32.2. The van der Waals surface area contributed by atoms with Crippen LogP contribution in [0.25, 0.3) is 0 Å². The fourth-order valence-corrected chi connectivity index (χ4v) is 3.80. The van der Waals surface area contributed by atoms with E-state index < -0.39 is 0 Å². The molecule has 94 valence electrons. The Balaban J connectivity index is 1.90. The van der Waals surface area contributed by atoms with Gasteiger partial charge >= 0.3 is 0 Å². The van der Waals surface area contributed by atoms with E-state index in [0.29, 0.717) is 12.5 Å². The van der Waals surface area contributed by atoms with Crippen LogP contribution in [0.15, 0.2) is 4.34 Å². The highest BCUT2D eigenvalue weighted by molar-refractivity contribution is 8.00. The van der Waals surface area contributed by atoms with E-state index in [-0.39, 0.29) is 5.91 Å². The van der Waals surface area contributed by atoms with Gasteiger partial charge in [0.15, 0.2) is 0 Å². The van der Waals surface area contributed by atoms with Gasteiger partial charge in [-0.05, 0) is 26.0 Å². The van der Waals surface area contributed by atoms with Crippen LogP contribution in [0.3, 0.4) is 0 Å². The van der Waals surface area contributed by atoms with E-state index >= 15 is 0 Å². The first-order valence-electron chi connectivity index (χ1n) is 5.98. The van der Waals surface area contributed by atoms with E-state index in [1.807, 2.05) is 13.2 Å². The Morgan fingerprint density at radius 2 is 2.24 bits per heavy atom. The van der Waals surface area contributed by atoms with E-state index in [0.717, 1.165) is 27.8 Å². The van der Waals surface area contributed by atoms with Crippen LogP contribution in [0.4, 0.5) is 0 Å². The molecule has 0 unspecified atom stereocenters. The van der Waals surface area contributed by atoms with Gasteiger partial charge in [0.2, 0.25) is 5.91 Å². The number of hydrogen-bond acceptors (Lipinski definition) is 4. The highest BCUT2D eigenvalue weighted by Crippen LogP contribution is 2.26. The molecule has 1 aliphatic carbocycles. The van der Waals surface area contributed by atoms with Crippen molar-refractivity contribution in [2.75, 3.05) is 6.26 Å². The first-order chi connectivity index (χ1) is 8.19. The summed E-state index contributed by atoms with van der Waals surface area (Å²) in [6, 6.07) is 0.413. The average Bonchev–Trinajstić information content (AvgIpc) is 2.89. The van der Waals surface area contributed by atoms with E-state index in [2.05, 4.69) is 10.3 Å². The number of aryl methyl sites for hydroxylation is 1. The zero-order chi connectivity index (χ0) is 12.3. The van der Waals surface area contributed by atoms with Crippen molar-refractivity contribution < 1.29 is 4.79 Å². The van der Waals surface area contributed by atoms with E-state index in [9.17, 15) is 4.79 Å². The van der Waals surface area contributed by atoms with Gasteiger partial charge in [-0.2, -0.15) is 0 Å². The van der Waals surface area contributed by atoms with Crippen LogP contribution in [0.2, 0.25) is 0 Å². The third-order valence-corrected chi connectivity index (χ3v) is 5.23. The molecule has 0 bridgehead atoms. The SMILES string of the molecule is CSc1nc(C)c(CC(=O)NC2CCCC2)s1. The summed E-state index contributed by atoms with van der Waals surface area (Å²) in [5.74, 6) is 0.149. The normalized spacial score (nSPS) is 16.4. The molecule has 2 rings (SSSR count). The number of aromatic nitrogens is 1. The topological polar surface area (TPSA) is 42.0 Å². The number of rotatable bonds is 4. The number of hydrogen-bond donors (Lipinski definition) is 1. The molecule has 0 spiro atoms. The van der Waals surface area contributed by atoms with Crippen LogP contribution < -0.4 is 5.32 Å². The second-order valence-corrected chi connectivity index (χ2v) is 6.56. The van der Waals surface area contributed by atoms with Crippen molar-refractivity contribution in [1.29, 1.82) is 0 Å². The largest absolute Gasteiger partial charge is 0.353 e. The molecule has 0 aliphatic heterocycles. The average molecular weight is 270 g/mol. The second kappa shape index (κ2) is 5.87. The summed E-state index contributed by atoms with van der Waals surface area (Å²) >= 11 is 3.28. The molecule has 5 heteroatoms. The molecule has 1 aliphatic rings. The summed E-state index contributed by atoms with van der Waals surface area (Å²) in [5, 5.41) is 3.11. The molecule has 1 heterocycles. The lowest BCUT2D eigenvalue weighted by molar-refractivity contribution is -0.121. The standard InChI is InChI=1S/C12H18N2OS2/c1-8-10(17-12(13-8)16-2)7-11(15)14-9-5-3-4-6-9/h9H,3-7H2,1-2H3,(H,14,15). The summed E-state index contributed by atoms with van der Waals surface area (Å²) in [6.45, 7) is 1.98. The minimum Gasteiger partial charge on any atom is -0.353 e. The fourth-order valence-electron chi connectivity index (χ4n) is 2.15. The Hall–Kier alpha value is -0.550. The number of carbonyl (C=O) groups excluding carboxylic acids is 1. The molecule has 0 saturated heterocycles. The number of carbonyl (C=O) groups is 1. The number of amides is 1. The molecular weight excluding hydrogens is 252 g/mol. The van der Waals surface area contributed by atoms with Gasteiger partial charge in [-0.25, -0.2) is 4.98 Å². The van der Waals surface area contributed by atoms with Crippen molar-refractivity contribution in [3.05, 3.63) is 10.6 Å². The number of nitrogens with zero attached hydrogens (tertiary/aromatic N) is 1. The molecule has 1 aromatic heterocycles. The van der Waals surface area contributed by atoms with Crippen molar-refractivity contribution in [1.82, 2.24) is 10.3 Å². The molecule has 0 radical (unpaired) electrons. The second-order valence-electron chi connectivity index (χ2n) is 4.42. The zero-order valence-electron chi connectivity index (χ0n) is 10.3. The van der Waals surface area contributed by atoms with Crippen LogP contribution in [0.5, 0.6) is 0 Å². The maximum Gasteiger partial charge on any atom is 0.225 e. The summed E-state index contributed by atoms with van der Waals surface area (Å²) in [5.41, 5.74) is 1.00. The minimum atomic E-state index is 0.149. The number of nitrogens with one attached hydrogen (secondary N) is 1. The van der Waals surface area contributed by atoms with Crippen molar-refractivity contribution >= 4 is 29.0 Å². The fraction of sp³-hybridized carbons (Fsp3) is 0.667. The number of thiazole rings is 1. The molecule has 1 amide bonds. The molecule has 17 heavy (non-hydrogen) atoms. The molecule has 1 N–H and O–H groups in total. The Labute approximate surface area is 110 Å². The zero-order valence-corrected chi connectivity index (χ0v) is 11.9. The summed E-state index contributed by atoms with van der Waals surface area (Å²) in [7, 11) is 0. The molecule has 0 atom stereocenters.